The molecule has 0 aliphatic heterocycles. The predicted octanol–water partition coefficient (Wildman–Crippen LogP) is 16.9. The standard InChI is InChI=1S/C60H38/c1-2-9-43-33-45(20-19-39(43)7-1)40-15-17-41(18-16-40)46-25-29-57-51(35-46)21-22-53-37-48(27-31-59(53)57)49-28-32-60-54(38-49)24-23-52-36-47(26-30-58(52)60)44-11-5-12-50(34-44)56-14-6-10-42-8-3-4-13-55(42)56/h1-38H. The first-order chi connectivity index (χ1) is 29.7. The van der Waals surface area contributed by atoms with Crippen LogP contribution in [0, 0.1) is 0 Å². The second-order valence-corrected chi connectivity index (χ2v) is 16.1. The molecule has 0 saturated heterocycles. The van der Waals surface area contributed by atoms with Crippen molar-refractivity contribution in [1.82, 2.24) is 0 Å². The summed E-state index contributed by atoms with van der Waals surface area (Å²) in [6.07, 6.45) is 0. The topological polar surface area (TPSA) is 0 Å². The third-order valence-corrected chi connectivity index (χ3v) is 12.6. The van der Waals surface area contributed by atoms with Crippen LogP contribution in [-0.4, -0.2) is 0 Å². The zero-order valence-electron chi connectivity index (χ0n) is 32.9. The van der Waals surface area contributed by atoms with E-state index < -0.39 is 0 Å². The Morgan fingerprint density at radius 2 is 0.500 bits per heavy atom. The predicted molar refractivity (Wildman–Crippen MR) is 259 cm³/mol. The maximum absolute atomic E-state index is 2.34. The van der Waals surface area contributed by atoms with Gasteiger partial charge in [0.2, 0.25) is 0 Å². The van der Waals surface area contributed by atoms with E-state index in [4.69, 9.17) is 0 Å². The third kappa shape index (κ3) is 5.93. The van der Waals surface area contributed by atoms with Gasteiger partial charge >= 0.3 is 0 Å². The number of hydrogen-bond donors (Lipinski definition) is 0. The van der Waals surface area contributed by atoms with Gasteiger partial charge in [-0.1, -0.05) is 194 Å². The van der Waals surface area contributed by atoms with Gasteiger partial charge in [0.1, 0.15) is 0 Å². The van der Waals surface area contributed by atoms with Crippen LogP contribution in [0.5, 0.6) is 0 Å². The maximum Gasteiger partial charge on any atom is -0.0105 e. The summed E-state index contributed by atoms with van der Waals surface area (Å²) in [7, 11) is 0. The van der Waals surface area contributed by atoms with E-state index in [0.717, 1.165) is 0 Å². The highest BCUT2D eigenvalue weighted by Crippen LogP contribution is 2.37. The van der Waals surface area contributed by atoms with Crippen molar-refractivity contribution < 1.29 is 0 Å². The van der Waals surface area contributed by atoms with Crippen molar-refractivity contribution in [3.05, 3.63) is 231 Å². The van der Waals surface area contributed by atoms with E-state index in [1.54, 1.807) is 0 Å². The minimum atomic E-state index is 1.23. The lowest BCUT2D eigenvalue weighted by Gasteiger charge is -2.12. The fourth-order valence-corrected chi connectivity index (χ4v) is 9.43. The van der Waals surface area contributed by atoms with Crippen molar-refractivity contribution in [1.29, 1.82) is 0 Å². The van der Waals surface area contributed by atoms with E-state index in [1.807, 2.05) is 0 Å². The Morgan fingerprint density at radius 1 is 0.150 bits per heavy atom. The number of rotatable bonds is 5. The van der Waals surface area contributed by atoms with Gasteiger partial charge in [-0.15, -0.1) is 0 Å². The molecule has 12 aromatic rings. The molecule has 0 unspecified atom stereocenters. The molecule has 0 aliphatic carbocycles. The summed E-state index contributed by atoms with van der Waals surface area (Å²) in [5.74, 6) is 0. The quantitative estimate of drug-likeness (QED) is 0.153. The van der Waals surface area contributed by atoms with Gasteiger partial charge in [0, 0.05) is 0 Å². The first-order valence-electron chi connectivity index (χ1n) is 20.8. The van der Waals surface area contributed by atoms with Gasteiger partial charge in [-0.25, -0.2) is 0 Å². The molecule has 0 fully saturated rings. The minimum absolute atomic E-state index is 1.23. The number of fused-ring (bicyclic) bond motifs is 8. The molecule has 0 N–H and O–H groups in total. The molecule has 0 bridgehead atoms. The Bertz CT molecular complexity index is 3640. The van der Waals surface area contributed by atoms with E-state index in [-0.39, 0.29) is 0 Å². The minimum Gasteiger partial charge on any atom is -0.0616 e. The fourth-order valence-electron chi connectivity index (χ4n) is 9.43. The lowest BCUT2D eigenvalue weighted by molar-refractivity contribution is 1.62. The lowest BCUT2D eigenvalue weighted by Crippen LogP contribution is -1.86. The fraction of sp³-hybridized carbons (Fsp3) is 0. The Kier molecular flexibility index (Phi) is 7.96. The molecule has 0 heterocycles. The summed E-state index contributed by atoms with van der Waals surface area (Å²) in [4.78, 5) is 0. The van der Waals surface area contributed by atoms with Crippen molar-refractivity contribution in [2.75, 3.05) is 0 Å². The smallest absolute Gasteiger partial charge is 0.0105 e. The second-order valence-electron chi connectivity index (χ2n) is 16.1. The number of hydrogen-bond acceptors (Lipinski definition) is 0. The maximum atomic E-state index is 2.34. The van der Waals surface area contributed by atoms with Crippen molar-refractivity contribution in [3.8, 4) is 55.6 Å². The highest BCUT2D eigenvalue weighted by molar-refractivity contribution is 6.11. The van der Waals surface area contributed by atoms with Crippen molar-refractivity contribution in [2.45, 2.75) is 0 Å². The van der Waals surface area contributed by atoms with Gasteiger partial charge < -0.3 is 0 Å². The van der Waals surface area contributed by atoms with E-state index >= 15 is 0 Å². The van der Waals surface area contributed by atoms with E-state index in [0.29, 0.717) is 0 Å². The van der Waals surface area contributed by atoms with E-state index in [2.05, 4.69) is 231 Å². The monoisotopic (exact) mass is 758 g/mol. The lowest BCUT2D eigenvalue weighted by atomic mass is 9.92. The van der Waals surface area contributed by atoms with Gasteiger partial charge in [-0.3, -0.25) is 0 Å². The molecule has 0 aromatic heterocycles. The Labute approximate surface area is 349 Å². The van der Waals surface area contributed by atoms with Crippen molar-refractivity contribution >= 4 is 64.6 Å². The first-order valence-corrected chi connectivity index (χ1v) is 20.8. The molecule has 0 heteroatoms. The van der Waals surface area contributed by atoms with E-state index in [1.165, 1.54) is 120 Å². The molecule has 12 aromatic carbocycles. The van der Waals surface area contributed by atoms with Gasteiger partial charge in [-0.05, 0) is 157 Å². The summed E-state index contributed by atoms with van der Waals surface area (Å²) in [5.41, 5.74) is 12.4. The largest absolute Gasteiger partial charge is 0.0616 e. The summed E-state index contributed by atoms with van der Waals surface area (Å²) >= 11 is 0. The van der Waals surface area contributed by atoms with Crippen LogP contribution < -0.4 is 0 Å². The molecule has 0 saturated carbocycles. The normalized spacial score (nSPS) is 11.7. The highest BCUT2D eigenvalue weighted by atomic mass is 14.1. The highest BCUT2D eigenvalue weighted by Gasteiger charge is 2.11. The van der Waals surface area contributed by atoms with Gasteiger partial charge in [0.05, 0.1) is 0 Å². The van der Waals surface area contributed by atoms with Crippen LogP contribution in [0.3, 0.4) is 0 Å². The van der Waals surface area contributed by atoms with Gasteiger partial charge in [-0.2, -0.15) is 0 Å². The molecule has 0 spiro atoms. The van der Waals surface area contributed by atoms with Crippen LogP contribution in [0.4, 0.5) is 0 Å². The summed E-state index contributed by atoms with van der Waals surface area (Å²) in [6, 6.07) is 85.1. The molecular weight excluding hydrogens is 721 g/mol. The number of benzene rings is 12. The molecule has 0 atom stereocenters. The Balaban J connectivity index is 0.819. The molecule has 0 radical (unpaired) electrons. The van der Waals surface area contributed by atoms with Gasteiger partial charge in [0.25, 0.3) is 0 Å². The average Bonchev–Trinajstić information content (AvgIpc) is 3.33. The molecule has 0 amide bonds. The third-order valence-electron chi connectivity index (χ3n) is 12.6. The Hall–Kier alpha value is -7.80. The molecule has 60 heavy (non-hydrogen) atoms. The van der Waals surface area contributed by atoms with Crippen LogP contribution in [0.25, 0.3) is 120 Å². The average molecular weight is 759 g/mol. The van der Waals surface area contributed by atoms with Crippen LogP contribution in [-0.2, 0) is 0 Å². The summed E-state index contributed by atoms with van der Waals surface area (Å²) in [5, 5.41) is 15.2. The van der Waals surface area contributed by atoms with Crippen molar-refractivity contribution in [2.24, 2.45) is 0 Å². The van der Waals surface area contributed by atoms with Crippen molar-refractivity contribution in [3.63, 3.8) is 0 Å². The van der Waals surface area contributed by atoms with Crippen LogP contribution >= 0.6 is 0 Å². The first kappa shape index (κ1) is 34.3. The second kappa shape index (κ2) is 13.9. The molecule has 12 rings (SSSR count). The molecule has 278 valence electrons. The van der Waals surface area contributed by atoms with Crippen LogP contribution in [0.1, 0.15) is 0 Å². The van der Waals surface area contributed by atoms with E-state index in [9.17, 15) is 0 Å². The zero-order chi connectivity index (χ0) is 39.6. The molecular formula is C60H38. The van der Waals surface area contributed by atoms with Gasteiger partial charge in [0.15, 0.2) is 0 Å². The SMILES string of the molecule is c1cc(-c2ccc3c(ccc4cc(-c5ccc6c(ccc7cc(-c8ccc(-c9ccc%10ccccc%10c9)cc8)ccc76)c5)ccc43)c2)cc(-c2cccc3ccccc23)c1. The molecule has 0 aliphatic rings. The Morgan fingerprint density at radius 3 is 1.05 bits per heavy atom. The zero-order valence-corrected chi connectivity index (χ0v) is 32.9. The molecule has 0 nitrogen and oxygen atoms in total. The summed E-state index contributed by atoms with van der Waals surface area (Å²) < 4.78 is 0. The van der Waals surface area contributed by atoms with Crippen LogP contribution in [0.2, 0.25) is 0 Å². The van der Waals surface area contributed by atoms with Crippen LogP contribution in [0.15, 0.2) is 231 Å². The summed E-state index contributed by atoms with van der Waals surface area (Å²) in [6.45, 7) is 0.